The van der Waals surface area contributed by atoms with Crippen molar-refractivity contribution in [1.82, 2.24) is 5.32 Å². The molecule has 1 amide bonds. The summed E-state index contributed by atoms with van der Waals surface area (Å²) in [7, 11) is 1.30. The van der Waals surface area contributed by atoms with Gasteiger partial charge in [0.1, 0.15) is 5.76 Å². The molecule has 17 heavy (non-hydrogen) atoms. The number of carbonyl (C=O) groups excluding carboxylic acids is 2. The lowest BCUT2D eigenvalue weighted by molar-refractivity contribution is 0.0562. The van der Waals surface area contributed by atoms with Crippen LogP contribution < -0.4 is 5.32 Å². The predicted octanol–water partition coefficient (Wildman–Crippen LogP) is 0.965. The monoisotopic (exact) mass is 239 g/mol. The van der Waals surface area contributed by atoms with Crippen molar-refractivity contribution in [3.63, 3.8) is 0 Å². The van der Waals surface area contributed by atoms with Crippen LogP contribution in [0.1, 0.15) is 16.3 Å². The lowest BCUT2D eigenvalue weighted by Crippen LogP contribution is -2.39. The van der Waals surface area contributed by atoms with Crippen LogP contribution in [0.5, 0.6) is 0 Å². The number of hydrogen-bond acceptors (Lipinski definition) is 5. The SMILES string of the molecule is COC(=O)c1ccc(C[C@H]2CNC(=O)OC2)o1. The Kier molecular flexibility index (Phi) is 3.32. The lowest BCUT2D eigenvalue weighted by atomic mass is 10.0. The Hall–Kier alpha value is -1.98. The van der Waals surface area contributed by atoms with Crippen LogP contribution in [-0.4, -0.2) is 32.3 Å². The van der Waals surface area contributed by atoms with Gasteiger partial charge in [0.25, 0.3) is 0 Å². The number of cyclic esters (lactones) is 1. The van der Waals surface area contributed by atoms with Crippen LogP contribution in [0.2, 0.25) is 0 Å². The molecule has 2 heterocycles. The smallest absolute Gasteiger partial charge is 0.407 e. The van der Waals surface area contributed by atoms with E-state index in [1.54, 1.807) is 12.1 Å². The fourth-order valence-corrected chi connectivity index (χ4v) is 1.64. The molecule has 0 saturated carbocycles. The highest BCUT2D eigenvalue weighted by molar-refractivity contribution is 5.86. The van der Waals surface area contributed by atoms with Crippen LogP contribution in [0.4, 0.5) is 4.79 Å². The maximum absolute atomic E-state index is 11.2. The number of hydrogen-bond donors (Lipinski definition) is 1. The van der Waals surface area contributed by atoms with E-state index < -0.39 is 12.1 Å². The van der Waals surface area contributed by atoms with E-state index in [2.05, 4.69) is 10.1 Å². The standard InChI is InChI=1S/C11H13NO5/c1-15-10(13)9-3-2-8(17-9)4-7-5-12-11(14)16-6-7/h2-3,7H,4-6H2,1H3,(H,12,14)/t7-/m0/s1. The van der Waals surface area contributed by atoms with Crippen molar-refractivity contribution >= 4 is 12.1 Å². The molecule has 1 aliphatic rings. The summed E-state index contributed by atoms with van der Waals surface area (Å²) in [5.41, 5.74) is 0. The molecule has 1 aromatic heterocycles. The Balaban J connectivity index is 1.93. The van der Waals surface area contributed by atoms with Crippen LogP contribution in [0, 0.1) is 5.92 Å². The second-order valence-electron chi connectivity index (χ2n) is 3.81. The molecule has 0 bridgehead atoms. The van der Waals surface area contributed by atoms with Crippen LogP contribution >= 0.6 is 0 Å². The third-order valence-corrected chi connectivity index (χ3v) is 2.52. The number of carbonyl (C=O) groups is 2. The van der Waals surface area contributed by atoms with Gasteiger partial charge in [-0.05, 0) is 12.1 Å². The fraction of sp³-hybridized carbons (Fsp3) is 0.455. The molecule has 92 valence electrons. The topological polar surface area (TPSA) is 77.8 Å². The van der Waals surface area contributed by atoms with Gasteiger partial charge in [-0.25, -0.2) is 9.59 Å². The number of ether oxygens (including phenoxy) is 2. The summed E-state index contributed by atoms with van der Waals surface area (Å²) in [6.07, 6.45) is 0.216. The van der Waals surface area contributed by atoms with Gasteiger partial charge in [0.05, 0.1) is 13.7 Å². The first kappa shape index (κ1) is 11.5. The molecule has 6 nitrogen and oxygen atoms in total. The van der Waals surface area contributed by atoms with Gasteiger partial charge in [-0.15, -0.1) is 0 Å². The summed E-state index contributed by atoms with van der Waals surface area (Å²) in [5, 5.41) is 2.60. The molecule has 1 aromatic rings. The Morgan fingerprint density at radius 1 is 1.59 bits per heavy atom. The van der Waals surface area contributed by atoms with E-state index in [1.807, 2.05) is 0 Å². The molecule has 0 spiro atoms. The number of rotatable bonds is 3. The van der Waals surface area contributed by atoms with Gasteiger partial charge in [0.2, 0.25) is 5.76 Å². The average Bonchev–Trinajstić information content (AvgIpc) is 2.80. The highest BCUT2D eigenvalue weighted by atomic mass is 16.6. The largest absolute Gasteiger partial charge is 0.463 e. The van der Waals surface area contributed by atoms with Crippen molar-refractivity contribution in [3.8, 4) is 0 Å². The molecule has 1 atom stereocenters. The molecule has 0 unspecified atom stereocenters. The van der Waals surface area contributed by atoms with Crippen LogP contribution in [0.15, 0.2) is 16.5 Å². The minimum absolute atomic E-state index is 0.157. The minimum atomic E-state index is -0.496. The first-order valence-corrected chi connectivity index (χ1v) is 5.26. The van der Waals surface area contributed by atoms with Crippen LogP contribution in [0.3, 0.4) is 0 Å². The normalized spacial score (nSPS) is 19.4. The zero-order valence-electron chi connectivity index (χ0n) is 9.39. The van der Waals surface area contributed by atoms with Crippen molar-refractivity contribution in [2.45, 2.75) is 6.42 Å². The molecular weight excluding hydrogens is 226 g/mol. The van der Waals surface area contributed by atoms with E-state index in [0.29, 0.717) is 25.3 Å². The first-order valence-electron chi connectivity index (χ1n) is 5.26. The van der Waals surface area contributed by atoms with E-state index in [9.17, 15) is 9.59 Å². The fourth-order valence-electron chi connectivity index (χ4n) is 1.64. The van der Waals surface area contributed by atoms with Crippen molar-refractivity contribution in [2.75, 3.05) is 20.3 Å². The molecular formula is C11H13NO5. The summed E-state index contributed by atoms with van der Waals surface area (Å²) in [6.45, 7) is 0.910. The van der Waals surface area contributed by atoms with Crippen LogP contribution in [-0.2, 0) is 15.9 Å². The van der Waals surface area contributed by atoms with E-state index >= 15 is 0 Å². The third kappa shape index (κ3) is 2.77. The van der Waals surface area contributed by atoms with E-state index in [4.69, 9.17) is 9.15 Å². The zero-order chi connectivity index (χ0) is 12.3. The van der Waals surface area contributed by atoms with Gasteiger partial charge in [-0.3, -0.25) is 0 Å². The van der Waals surface area contributed by atoms with E-state index in [-0.39, 0.29) is 11.7 Å². The average molecular weight is 239 g/mol. The number of alkyl carbamates (subject to hydrolysis) is 1. The minimum Gasteiger partial charge on any atom is -0.463 e. The van der Waals surface area contributed by atoms with E-state index in [1.165, 1.54) is 7.11 Å². The van der Waals surface area contributed by atoms with Gasteiger partial charge in [0.15, 0.2) is 0 Å². The number of esters is 1. The Morgan fingerprint density at radius 2 is 2.41 bits per heavy atom. The number of furan rings is 1. The van der Waals surface area contributed by atoms with Gasteiger partial charge >= 0.3 is 12.1 Å². The molecule has 1 fully saturated rings. The van der Waals surface area contributed by atoms with Gasteiger partial charge < -0.3 is 19.2 Å². The Labute approximate surface area is 97.9 Å². The summed E-state index contributed by atoms with van der Waals surface area (Å²) in [4.78, 5) is 21.9. The number of methoxy groups -OCH3 is 1. The predicted molar refractivity (Wildman–Crippen MR) is 56.6 cm³/mol. The summed E-state index contributed by atoms with van der Waals surface area (Å²) >= 11 is 0. The summed E-state index contributed by atoms with van der Waals surface area (Å²) in [6, 6.07) is 3.30. The van der Waals surface area contributed by atoms with Gasteiger partial charge in [-0.1, -0.05) is 0 Å². The molecule has 2 rings (SSSR count). The van der Waals surface area contributed by atoms with Crippen molar-refractivity contribution in [1.29, 1.82) is 0 Å². The Morgan fingerprint density at radius 3 is 3.06 bits per heavy atom. The third-order valence-electron chi connectivity index (χ3n) is 2.52. The molecule has 1 N–H and O–H groups in total. The van der Waals surface area contributed by atoms with Gasteiger partial charge in [-0.2, -0.15) is 0 Å². The zero-order valence-corrected chi connectivity index (χ0v) is 9.39. The van der Waals surface area contributed by atoms with Crippen LogP contribution in [0.25, 0.3) is 0 Å². The second-order valence-corrected chi connectivity index (χ2v) is 3.81. The molecule has 0 aromatic carbocycles. The Bertz CT molecular complexity index is 415. The maximum Gasteiger partial charge on any atom is 0.407 e. The summed E-state index contributed by atoms with van der Waals surface area (Å²) in [5.74, 6) is 0.521. The van der Waals surface area contributed by atoms with E-state index in [0.717, 1.165) is 0 Å². The van der Waals surface area contributed by atoms with Crippen molar-refractivity contribution in [2.24, 2.45) is 5.92 Å². The molecule has 1 aliphatic heterocycles. The van der Waals surface area contributed by atoms with Gasteiger partial charge in [0, 0.05) is 18.9 Å². The molecule has 1 saturated heterocycles. The number of nitrogens with one attached hydrogen (secondary N) is 1. The number of amides is 1. The van der Waals surface area contributed by atoms with Crippen molar-refractivity contribution in [3.05, 3.63) is 23.7 Å². The molecule has 0 radical (unpaired) electrons. The first-order chi connectivity index (χ1) is 8.19. The maximum atomic E-state index is 11.2. The highest BCUT2D eigenvalue weighted by Crippen LogP contribution is 2.15. The lowest BCUT2D eigenvalue weighted by Gasteiger charge is -2.21. The summed E-state index contributed by atoms with van der Waals surface area (Å²) < 4.78 is 14.7. The quantitative estimate of drug-likeness (QED) is 0.795. The molecule has 6 heteroatoms. The van der Waals surface area contributed by atoms with Crippen molar-refractivity contribution < 1.29 is 23.5 Å². The highest BCUT2D eigenvalue weighted by Gasteiger charge is 2.21. The molecule has 0 aliphatic carbocycles. The second kappa shape index (κ2) is 4.90.